The number of nitrogens with zero attached hydrogens (tertiary/aromatic N) is 3. The van der Waals surface area contributed by atoms with Crippen LogP contribution in [0.3, 0.4) is 0 Å². The molecule has 0 saturated carbocycles. The van der Waals surface area contributed by atoms with E-state index in [2.05, 4.69) is 23.1 Å². The molecule has 4 rings (SSSR count). The highest BCUT2D eigenvalue weighted by molar-refractivity contribution is 5.78. The second kappa shape index (κ2) is 7.86. The van der Waals surface area contributed by atoms with Crippen LogP contribution in [0.4, 0.5) is 0 Å². The van der Waals surface area contributed by atoms with E-state index in [0.29, 0.717) is 26.1 Å². The standard InChI is InChI=1S/C20H27N3O4/c24-19(14-22-5-3-17(13-22)20(25)26)23-8-6-21(7-9-23)12-15-1-2-18-16(11-15)4-10-27-18/h1-2,11,17H,3-10,12-14H2,(H,25,26). The third kappa shape index (κ3) is 4.25. The Morgan fingerprint density at radius 2 is 1.93 bits per heavy atom. The molecule has 3 aliphatic rings. The van der Waals surface area contributed by atoms with Crippen molar-refractivity contribution in [1.82, 2.24) is 14.7 Å². The van der Waals surface area contributed by atoms with Crippen LogP contribution >= 0.6 is 0 Å². The zero-order chi connectivity index (χ0) is 18.8. The van der Waals surface area contributed by atoms with Crippen molar-refractivity contribution < 1.29 is 19.4 Å². The SMILES string of the molecule is O=C(O)C1CCN(CC(=O)N2CCN(Cc3ccc4c(c3)CCO4)CC2)C1. The predicted octanol–water partition coefficient (Wildman–Crippen LogP) is 0.672. The van der Waals surface area contributed by atoms with Crippen molar-refractivity contribution >= 4 is 11.9 Å². The lowest BCUT2D eigenvalue weighted by Gasteiger charge is -2.35. The zero-order valence-electron chi connectivity index (χ0n) is 15.6. The summed E-state index contributed by atoms with van der Waals surface area (Å²) >= 11 is 0. The molecule has 0 aliphatic carbocycles. The highest BCUT2D eigenvalue weighted by Crippen LogP contribution is 2.26. The molecule has 0 bridgehead atoms. The number of carbonyl (C=O) groups is 2. The summed E-state index contributed by atoms with van der Waals surface area (Å²) in [6, 6.07) is 6.44. The third-order valence-corrected chi connectivity index (χ3v) is 5.87. The summed E-state index contributed by atoms with van der Waals surface area (Å²) in [7, 11) is 0. The normalized spacial score (nSPS) is 23.3. The van der Waals surface area contributed by atoms with E-state index in [9.17, 15) is 9.59 Å². The molecular weight excluding hydrogens is 346 g/mol. The summed E-state index contributed by atoms with van der Waals surface area (Å²) in [5, 5.41) is 9.08. The number of piperazine rings is 1. The van der Waals surface area contributed by atoms with E-state index < -0.39 is 5.97 Å². The lowest BCUT2D eigenvalue weighted by atomic mass is 10.1. The summed E-state index contributed by atoms with van der Waals surface area (Å²) in [6.45, 7) is 6.44. The number of amides is 1. The van der Waals surface area contributed by atoms with Gasteiger partial charge in [0.25, 0.3) is 0 Å². The minimum Gasteiger partial charge on any atom is -0.493 e. The number of benzene rings is 1. The van der Waals surface area contributed by atoms with E-state index in [1.54, 1.807) is 0 Å². The van der Waals surface area contributed by atoms with Gasteiger partial charge in [-0.2, -0.15) is 0 Å². The van der Waals surface area contributed by atoms with Gasteiger partial charge in [-0.1, -0.05) is 12.1 Å². The van der Waals surface area contributed by atoms with Crippen LogP contribution in [0.15, 0.2) is 18.2 Å². The average Bonchev–Trinajstić information content (AvgIpc) is 3.31. The summed E-state index contributed by atoms with van der Waals surface area (Å²) < 4.78 is 5.56. The van der Waals surface area contributed by atoms with E-state index in [1.807, 2.05) is 9.80 Å². The molecule has 2 saturated heterocycles. The monoisotopic (exact) mass is 373 g/mol. The topological polar surface area (TPSA) is 73.3 Å². The first-order valence-corrected chi connectivity index (χ1v) is 9.78. The number of fused-ring (bicyclic) bond motifs is 1. The number of likely N-dealkylation sites (tertiary alicyclic amines) is 1. The van der Waals surface area contributed by atoms with Gasteiger partial charge in [-0.25, -0.2) is 0 Å². The molecule has 0 radical (unpaired) electrons. The second-order valence-electron chi connectivity index (χ2n) is 7.76. The van der Waals surface area contributed by atoms with Crippen LogP contribution in [0, 0.1) is 5.92 Å². The van der Waals surface area contributed by atoms with Gasteiger partial charge in [0.15, 0.2) is 0 Å². The summed E-state index contributed by atoms with van der Waals surface area (Å²) in [4.78, 5) is 29.9. The molecule has 1 aromatic carbocycles. The first kappa shape index (κ1) is 18.3. The second-order valence-corrected chi connectivity index (χ2v) is 7.76. The fraction of sp³-hybridized carbons (Fsp3) is 0.600. The Hall–Kier alpha value is -2.12. The van der Waals surface area contributed by atoms with Gasteiger partial charge < -0.3 is 14.7 Å². The molecule has 7 heteroatoms. The summed E-state index contributed by atoms with van der Waals surface area (Å²) in [5.74, 6) is 0.0561. The van der Waals surface area contributed by atoms with Crippen molar-refractivity contribution in [1.29, 1.82) is 0 Å². The van der Waals surface area contributed by atoms with Crippen LogP contribution in [-0.2, 0) is 22.6 Å². The first-order valence-electron chi connectivity index (χ1n) is 9.78. The number of hydrogen-bond donors (Lipinski definition) is 1. The van der Waals surface area contributed by atoms with Crippen LogP contribution < -0.4 is 4.74 Å². The number of carbonyl (C=O) groups excluding carboxylic acids is 1. The maximum atomic E-state index is 12.5. The molecule has 3 heterocycles. The van der Waals surface area contributed by atoms with Crippen molar-refractivity contribution in [2.45, 2.75) is 19.4 Å². The molecule has 146 valence electrons. The van der Waals surface area contributed by atoms with Gasteiger partial charge >= 0.3 is 5.97 Å². The molecule has 1 amide bonds. The van der Waals surface area contributed by atoms with E-state index in [1.165, 1.54) is 11.1 Å². The smallest absolute Gasteiger partial charge is 0.307 e. The van der Waals surface area contributed by atoms with Gasteiger partial charge in [0.2, 0.25) is 5.91 Å². The Balaban J connectivity index is 1.23. The lowest BCUT2D eigenvalue weighted by molar-refractivity contribution is -0.141. The molecular formula is C20H27N3O4. The number of rotatable bonds is 5. The van der Waals surface area contributed by atoms with Crippen LogP contribution in [0.25, 0.3) is 0 Å². The predicted molar refractivity (Wildman–Crippen MR) is 99.7 cm³/mol. The number of ether oxygens (including phenoxy) is 1. The molecule has 7 nitrogen and oxygen atoms in total. The fourth-order valence-electron chi connectivity index (χ4n) is 4.22. The molecule has 0 aromatic heterocycles. The van der Waals surface area contributed by atoms with Crippen LogP contribution in [0.2, 0.25) is 0 Å². The molecule has 3 aliphatic heterocycles. The number of aliphatic carboxylic acids is 1. The van der Waals surface area contributed by atoms with Crippen LogP contribution in [0.5, 0.6) is 5.75 Å². The van der Waals surface area contributed by atoms with Gasteiger partial charge in [0, 0.05) is 45.7 Å². The molecule has 27 heavy (non-hydrogen) atoms. The Morgan fingerprint density at radius 1 is 1.11 bits per heavy atom. The maximum Gasteiger partial charge on any atom is 0.307 e. The number of hydrogen-bond acceptors (Lipinski definition) is 5. The maximum absolute atomic E-state index is 12.5. The number of carboxylic acids is 1. The summed E-state index contributed by atoms with van der Waals surface area (Å²) in [5.41, 5.74) is 2.60. The fourth-order valence-corrected chi connectivity index (χ4v) is 4.22. The number of carboxylic acid groups (broad SMARTS) is 1. The van der Waals surface area contributed by atoms with Gasteiger partial charge in [-0.05, 0) is 30.2 Å². The van der Waals surface area contributed by atoms with Crippen molar-refractivity contribution in [2.75, 3.05) is 52.4 Å². The highest BCUT2D eigenvalue weighted by atomic mass is 16.5. The van der Waals surface area contributed by atoms with E-state index in [4.69, 9.17) is 9.84 Å². The molecule has 2 fully saturated rings. The lowest BCUT2D eigenvalue weighted by Crippen LogP contribution is -2.50. The Labute approximate surface area is 159 Å². The van der Waals surface area contributed by atoms with E-state index in [0.717, 1.165) is 51.5 Å². The van der Waals surface area contributed by atoms with Crippen LogP contribution in [0.1, 0.15) is 17.5 Å². The largest absolute Gasteiger partial charge is 0.493 e. The van der Waals surface area contributed by atoms with Crippen molar-refractivity contribution in [3.8, 4) is 5.75 Å². The highest BCUT2D eigenvalue weighted by Gasteiger charge is 2.30. The molecule has 1 aromatic rings. The van der Waals surface area contributed by atoms with E-state index in [-0.39, 0.29) is 11.8 Å². The minimum absolute atomic E-state index is 0.121. The van der Waals surface area contributed by atoms with Crippen molar-refractivity contribution in [3.05, 3.63) is 29.3 Å². The molecule has 0 spiro atoms. The Bertz CT molecular complexity index is 715. The first-order chi connectivity index (χ1) is 13.1. The molecule has 1 atom stereocenters. The van der Waals surface area contributed by atoms with Crippen molar-refractivity contribution in [2.24, 2.45) is 5.92 Å². The quantitative estimate of drug-likeness (QED) is 0.818. The minimum atomic E-state index is -0.753. The molecule has 1 N–H and O–H groups in total. The zero-order valence-corrected chi connectivity index (χ0v) is 15.6. The Kier molecular flexibility index (Phi) is 5.31. The van der Waals surface area contributed by atoms with Crippen molar-refractivity contribution in [3.63, 3.8) is 0 Å². The molecule has 1 unspecified atom stereocenters. The van der Waals surface area contributed by atoms with Gasteiger partial charge in [0.1, 0.15) is 5.75 Å². The average molecular weight is 373 g/mol. The van der Waals surface area contributed by atoms with Gasteiger partial charge in [-0.3, -0.25) is 19.4 Å². The third-order valence-electron chi connectivity index (χ3n) is 5.87. The van der Waals surface area contributed by atoms with Gasteiger partial charge in [-0.15, -0.1) is 0 Å². The van der Waals surface area contributed by atoms with Gasteiger partial charge in [0.05, 0.1) is 19.1 Å². The van der Waals surface area contributed by atoms with E-state index >= 15 is 0 Å². The van der Waals surface area contributed by atoms with Crippen LogP contribution in [-0.4, -0.2) is 84.1 Å². The Morgan fingerprint density at radius 3 is 2.67 bits per heavy atom. The summed E-state index contributed by atoms with van der Waals surface area (Å²) in [6.07, 6.45) is 1.63.